The summed E-state index contributed by atoms with van der Waals surface area (Å²) < 4.78 is 10.2. The molecule has 0 radical (unpaired) electrons. The smallest absolute Gasteiger partial charge is 0.337 e. The van der Waals surface area contributed by atoms with Gasteiger partial charge in [0.1, 0.15) is 12.4 Å². The van der Waals surface area contributed by atoms with Gasteiger partial charge in [-0.1, -0.05) is 18.2 Å². The van der Waals surface area contributed by atoms with Crippen molar-refractivity contribution in [3.63, 3.8) is 0 Å². The van der Waals surface area contributed by atoms with Gasteiger partial charge in [-0.25, -0.2) is 4.79 Å². The third-order valence-corrected chi connectivity index (χ3v) is 3.49. The van der Waals surface area contributed by atoms with Gasteiger partial charge in [-0.2, -0.15) is 0 Å². The molecule has 0 aliphatic carbocycles. The van der Waals surface area contributed by atoms with Crippen molar-refractivity contribution in [2.24, 2.45) is 0 Å². The van der Waals surface area contributed by atoms with Crippen LogP contribution in [0.5, 0.6) is 5.75 Å². The molecule has 0 aliphatic heterocycles. The number of carbonyl (C=O) groups excluding carboxylic acids is 2. The highest BCUT2D eigenvalue weighted by molar-refractivity contribution is 5.93. The molecular formula is C19H22N2O4. The Bertz CT molecular complexity index is 686. The minimum Gasteiger partial charge on any atom is -0.492 e. The third kappa shape index (κ3) is 6.27. The van der Waals surface area contributed by atoms with Crippen LogP contribution in [-0.2, 0) is 9.53 Å². The van der Waals surface area contributed by atoms with Gasteiger partial charge in [0.05, 0.1) is 19.2 Å². The monoisotopic (exact) mass is 342 g/mol. The van der Waals surface area contributed by atoms with Gasteiger partial charge >= 0.3 is 5.97 Å². The minimum atomic E-state index is -0.406. The van der Waals surface area contributed by atoms with E-state index in [9.17, 15) is 9.59 Å². The number of anilines is 1. The Morgan fingerprint density at radius 3 is 2.36 bits per heavy atom. The zero-order valence-electron chi connectivity index (χ0n) is 14.4. The van der Waals surface area contributed by atoms with Crippen LogP contribution in [0.3, 0.4) is 0 Å². The molecule has 0 atom stereocenters. The minimum absolute atomic E-state index is 0.131. The van der Waals surface area contributed by atoms with Crippen LogP contribution in [0.15, 0.2) is 54.6 Å². The van der Waals surface area contributed by atoms with Crippen molar-refractivity contribution in [1.82, 2.24) is 4.90 Å². The summed E-state index contributed by atoms with van der Waals surface area (Å²) in [6, 6.07) is 16.1. The van der Waals surface area contributed by atoms with E-state index in [4.69, 9.17) is 4.74 Å². The zero-order valence-corrected chi connectivity index (χ0v) is 14.4. The first kappa shape index (κ1) is 18.5. The fourth-order valence-corrected chi connectivity index (χ4v) is 2.17. The first-order valence-corrected chi connectivity index (χ1v) is 7.93. The molecule has 1 amide bonds. The summed E-state index contributed by atoms with van der Waals surface area (Å²) in [6.07, 6.45) is 0. The largest absolute Gasteiger partial charge is 0.492 e. The lowest BCUT2D eigenvalue weighted by Gasteiger charge is -2.16. The van der Waals surface area contributed by atoms with Gasteiger partial charge in [0.15, 0.2) is 0 Å². The summed E-state index contributed by atoms with van der Waals surface area (Å²) in [7, 11) is 3.18. The molecule has 1 N–H and O–H groups in total. The van der Waals surface area contributed by atoms with E-state index >= 15 is 0 Å². The second-order valence-electron chi connectivity index (χ2n) is 5.52. The molecule has 0 unspecified atom stereocenters. The predicted octanol–water partition coefficient (Wildman–Crippen LogP) is 2.42. The number of benzene rings is 2. The maximum atomic E-state index is 12.0. The number of ether oxygens (including phenoxy) is 2. The van der Waals surface area contributed by atoms with Gasteiger partial charge in [0.25, 0.3) is 0 Å². The number of hydrogen-bond acceptors (Lipinski definition) is 5. The lowest BCUT2D eigenvalue weighted by atomic mass is 10.2. The normalized spacial score (nSPS) is 10.4. The molecule has 132 valence electrons. The fourth-order valence-electron chi connectivity index (χ4n) is 2.17. The van der Waals surface area contributed by atoms with E-state index in [0.717, 1.165) is 5.75 Å². The molecule has 0 bridgehead atoms. The van der Waals surface area contributed by atoms with E-state index in [1.807, 2.05) is 42.3 Å². The van der Waals surface area contributed by atoms with Crippen molar-refractivity contribution in [1.29, 1.82) is 0 Å². The quantitative estimate of drug-likeness (QED) is 0.746. The van der Waals surface area contributed by atoms with Gasteiger partial charge in [0.2, 0.25) is 5.91 Å². The first-order valence-electron chi connectivity index (χ1n) is 7.93. The summed E-state index contributed by atoms with van der Waals surface area (Å²) in [5.74, 6) is 0.273. The summed E-state index contributed by atoms with van der Waals surface area (Å²) >= 11 is 0. The summed E-state index contributed by atoms with van der Waals surface area (Å²) in [6.45, 7) is 1.38. The Kier molecular flexibility index (Phi) is 6.98. The Labute approximate surface area is 147 Å². The number of esters is 1. The Morgan fingerprint density at radius 2 is 1.72 bits per heavy atom. The molecule has 2 rings (SSSR count). The maximum Gasteiger partial charge on any atom is 0.337 e. The number of rotatable bonds is 8. The standard InChI is InChI=1S/C19H22N2O4/c1-21(12-13-25-17-6-4-3-5-7-17)14-18(22)20-16-10-8-15(9-11-16)19(23)24-2/h3-11H,12-14H2,1-2H3,(H,20,22). The van der Waals surface area contributed by atoms with Crippen molar-refractivity contribution in [2.75, 3.05) is 39.2 Å². The van der Waals surface area contributed by atoms with Crippen LogP contribution in [0.2, 0.25) is 0 Å². The van der Waals surface area contributed by atoms with E-state index < -0.39 is 5.97 Å². The van der Waals surface area contributed by atoms with Crippen molar-refractivity contribution in [3.05, 3.63) is 60.2 Å². The van der Waals surface area contributed by atoms with Gasteiger partial charge in [-0.05, 0) is 43.4 Å². The first-order chi connectivity index (χ1) is 12.1. The Morgan fingerprint density at radius 1 is 1.04 bits per heavy atom. The molecule has 0 aromatic heterocycles. The molecule has 6 nitrogen and oxygen atoms in total. The van der Waals surface area contributed by atoms with Gasteiger partial charge in [-0.15, -0.1) is 0 Å². The lowest BCUT2D eigenvalue weighted by Crippen LogP contribution is -2.33. The summed E-state index contributed by atoms with van der Waals surface area (Å²) in [4.78, 5) is 25.3. The SMILES string of the molecule is COC(=O)c1ccc(NC(=O)CN(C)CCOc2ccccc2)cc1. The van der Waals surface area contributed by atoms with Crippen molar-refractivity contribution < 1.29 is 19.1 Å². The molecule has 25 heavy (non-hydrogen) atoms. The molecule has 2 aromatic rings. The Hall–Kier alpha value is -2.86. The molecule has 0 heterocycles. The highest BCUT2D eigenvalue weighted by atomic mass is 16.5. The predicted molar refractivity (Wildman–Crippen MR) is 95.8 cm³/mol. The van der Waals surface area contributed by atoms with Crippen molar-refractivity contribution in [3.8, 4) is 5.75 Å². The van der Waals surface area contributed by atoms with Crippen LogP contribution in [0.4, 0.5) is 5.69 Å². The van der Waals surface area contributed by atoms with Gasteiger partial charge in [0, 0.05) is 12.2 Å². The number of methoxy groups -OCH3 is 1. The number of hydrogen-bond donors (Lipinski definition) is 1. The number of nitrogens with zero attached hydrogens (tertiary/aromatic N) is 1. The number of carbonyl (C=O) groups is 2. The van der Waals surface area contributed by atoms with Crippen molar-refractivity contribution >= 4 is 17.6 Å². The van der Waals surface area contributed by atoms with E-state index in [1.54, 1.807) is 24.3 Å². The van der Waals surface area contributed by atoms with E-state index in [2.05, 4.69) is 10.1 Å². The molecule has 2 aromatic carbocycles. The van der Waals surface area contributed by atoms with Crippen LogP contribution < -0.4 is 10.1 Å². The van der Waals surface area contributed by atoms with E-state index in [1.165, 1.54) is 7.11 Å². The van der Waals surface area contributed by atoms with Gasteiger partial charge < -0.3 is 14.8 Å². The number of para-hydroxylation sites is 1. The second-order valence-corrected chi connectivity index (χ2v) is 5.52. The van der Waals surface area contributed by atoms with Crippen LogP contribution >= 0.6 is 0 Å². The Balaban J connectivity index is 1.72. The van der Waals surface area contributed by atoms with Crippen molar-refractivity contribution in [2.45, 2.75) is 0 Å². The van der Waals surface area contributed by atoms with Crippen LogP contribution in [-0.4, -0.2) is 50.6 Å². The molecule has 0 spiro atoms. The highest BCUT2D eigenvalue weighted by Crippen LogP contribution is 2.10. The van der Waals surface area contributed by atoms with Crippen LogP contribution in [0.1, 0.15) is 10.4 Å². The zero-order chi connectivity index (χ0) is 18.1. The molecule has 0 saturated heterocycles. The number of amides is 1. The number of nitrogens with one attached hydrogen (secondary N) is 1. The second kappa shape index (κ2) is 9.44. The third-order valence-electron chi connectivity index (χ3n) is 3.49. The van der Waals surface area contributed by atoms with Crippen LogP contribution in [0, 0.1) is 0 Å². The highest BCUT2D eigenvalue weighted by Gasteiger charge is 2.09. The van der Waals surface area contributed by atoms with Gasteiger partial charge in [-0.3, -0.25) is 9.69 Å². The summed E-state index contributed by atoms with van der Waals surface area (Å²) in [5.41, 5.74) is 1.07. The van der Waals surface area contributed by atoms with E-state index in [-0.39, 0.29) is 12.5 Å². The maximum absolute atomic E-state index is 12.0. The lowest BCUT2D eigenvalue weighted by molar-refractivity contribution is -0.117. The summed E-state index contributed by atoms with van der Waals surface area (Å²) in [5, 5.41) is 2.79. The molecule has 6 heteroatoms. The molecule has 0 aliphatic rings. The average Bonchev–Trinajstić information content (AvgIpc) is 2.62. The molecule has 0 fully saturated rings. The molecule has 0 saturated carbocycles. The molecular weight excluding hydrogens is 320 g/mol. The van der Waals surface area contributed by atoms with E-state index in [0.29, 0.717) is 24.4 Å². The van der Waals surface area contributed by atoms with Crippen LogP contribution in [0.25, 0.3) is 0 Å². The topological polar surface area (TPSA) is 67.9 Å². The average molecular weight is 342 g/mol. The fraction of sp³-hybridized carbons (Fsp3) is 0.263. The number of likely N-dealkylation sites (N-methyl/N-ethyl adjacent to an activating group) is 1.